The Bertz CT molecular complexity index is 1240. The first-order chi connectivity index (χ1) is 22.1. The number of carbonyl (C=O) groups excluding carboxylic acids is 3. The second-order valence-corrected chi connectivity index (χ2v) is 14.2. The van der Waals surface area contributed by atoms with Gasteiger partial charge in [0.1, 0.15) is 35.9 Å². The first-order valence-corrected chi connectivity index (χ1v) is 17.8. The molecule has 0 radical (unpaired) electrons. The second kappa shape index (κ2) is 15.1. The Morgan fingerprint density at radius 2 is 1.76 bits per heavy atom. The van der Waals surface area contributed by atoms with Crippen LogP contribution < -0.4 is 10.6 Å². The van der Waals surface area contributed by atoms with E-state index in [-0.39, 0.29) is 26.1 Å². The van der Waals surface area contributed by atoms with E-state index >= 15 is 0 Å². The highest BCUT2D eigenvalue weighted by molar-refractivity contribution is 14.1. The highest BCUT2D eigenvalue weighted by Gasteiger charge is 2.76. The maximum absolute atomic E-state index is 14.6. The Morgan fingerprint density at radius 1 is 1.09 bits per heavy atom. The number of rotatable bonds is 16. The number of unbranched alkanes of at least 4 members (excludes halogenated alkanes) is 4. The number of hydrogen-bond acceptors (Lipinski definition) is 10. The highest BCUT2D eigenvalue weighted by atomic mass is 127. The van der Waals surface area contributed by atoms with Gasteiger partial charge in [0, 0.05) is 29.4 Å². The second-order valence-electron chi connectivity index (χ2n) is 13.0. The van der Waals surface area contributed by atoms with Gasteiger partial charge in [-0.05, 0) is 54.0 Å². The minimum absolute atomic E-state index is 0.0393. The molecule has 2 amide bonds. The zero-order valence-corrected chi connectivity index (χ0v) is 29.1. The smallest absolute Gasteiger partial charge is 0.327 e. The van der Waals surface area contributed by atoms with Crippen molar-refractivity contribution in [3.05, 3.63) is 33.4 Å². The lowest BCUT2D eigenvalue weighted by Crippen LogP contribution is -2.71. The molecule has 46 heavy (non-hydrogen) atoms. The molecule has 3 heterocycles. The van der Waals surface area contributed by atoms with Crippen molar-refractivity contribution in [1.82, 2.24) is 15.7 Å². The normalized spacial score (nSPS) is 30.7. The van der Waals surface area contributed by atoms with Gasteiger partial charge in [0.2, 0.25) is 11.8 Å². The molecule has 4 fully saturated rings. The van der Waals surface area contributed by atoms with Gasteiger partial charge in [0.25, 0.3) is 0 Å². The van der Waals surface area contributed by atoms with E-state index in [9.17, 15) is 24.6 Å². The van der Waals surface area contributed by atoms with Gasteiger partial charge in [0.15, 0.2) is 11.8 Å². The molecular weight excluding hydrogens is 709 g/mol. The Labute approximate surface area is 284 Å². The van der Waals surface area contributed by atoms with E-state index in [0.29, 0.717) is 12.8 Å². The third-order valence-corrected chi connectivity index (χ3v) is 10.8. The number of nitrogens with zero attached hydrogens (tertiary/aromatic N) is 1. The number of halogens is 1. The van der Waals surface area contributed by atoms with Crippen molar-refractivity contribution in [2.45, 2.75) is 133 Å². The lowest BCUT2D eigenvalue weighted by molar-refractivity contribution is -0.224. The van der Waals surface area contributed by atoms with Crippen molar-refractivity contribution in [3.8, 4) is 0 Å². The highest BCUT2D eigenvalue weighted by Crippen LogP contribution is 2.58. The zero-order chi connectivity index (χ0) is 33.1. The molecule has 0 spiro atoms. The van der Waals surface area contributed by atoms with Gasteiger partial charge in [-0.15, -0.1) is 0 Å². The van der Waals surface area contributed by atoms with Crippen LogP contribution in [0.15, 0.2) is 24.3 Å². The molecule has 8 unspecified atom stereocenters. The van der Waals surface area contributed by atoms with Crippen molar-refractivity contribution in [2.75, 3.05) is 13.2 Å². The quantitative estimate of drug-likeness (QED) is 0.112. The van der Waals surface area contributed by atoms with Crippen LogP contribution in [0.3, 0.4) is 0 Å². The van der Waals surface area contributed by atoms with Gasteiger partial charge in [-0.1, -0.05) is 57.7 Å². The van der Waals surface area contributed by atoms with Crippen molar-refractivity contribution < 1.29 is 43.6 Å². The molecule has 4 aliphatic rings. The number of fused-ring (bicyclic) bond motifs is 4. The van der Waals surface area contributed by atoms with E-state index in [0.717, 1.165) is 47.7 Å². The van der Waals surface area contributed by atoms with Crippen LogP contribution in [-0.2, 0) is 40.0 Å². The average Bonchev–Trinajstić information content (AvgIpc) is 3.58. The predicted molar refractivity (Wildman–Crippen MR) is 175 cm³/mol. The van der Waals surface area contributed by atoms with Gasteiger partial charge in [0.05, 0.1) is 19.3 Å². The van der Waals surface area contributed by atoms with Gasteiger partial charge in [-0.25, -0.2) is 0 Å². The van der Waals surface area contributed by atoms with Crippen LogP contribution in [0.4, 0.5) is 0 Å². The summed E-state index contributed by atoms with van der Waals surface area (Å²) in [5, 5.41) is 26.6. The molecule has 1 aromatic carbocycles. The number of aliphatic hydroxyl groups is 2. The maximum Gasteiger partial charge on any atom is 0.327 e. The molecule has 2 bridgehead atoms. The summed E-state index contributed by atoms with van der Waals surface area (Å²) < 4.78 is 20.7. The first-order valence-electron chi connectivity index (χ1n) is 16.7. The molecular formula is C33H48IN3O9. The van der Waals surface area contributed by atoms with Crippen LogP contribution in [0.2, 0.25) is 0 Å². The Kier molecular flexibility index (Phi) is 11.6. The van der Waals surface area contributed by atoms with Crippen LogP contribution in [0, 0.1) is 8.99 Å². The monoisotopic (exact) mass is 757 g/mol. The molecule has 3 saturated heterocycles. The number of amides is 2. The third kappa shape index (κ3) is 6.83. The van der Waals surface area contributed by atoms with Crippen molar-refractivity contribution in [1.29, 1.82) is 0 Å². The third-order valence-electron chi connectivity index (χ3n) is 9.74. The average molecular weight is 758 g/mol. The number of carbonyl (C=O) groups is 3. The lowest BCUT2D eigenvalue weighted by atomic mass is 9.62. The van der Waals surface area contributed by atoms with E-state index in [4.69, 9.17) is 19.0 Å². The lowest BCUT2D eigenvalue weighted by Gasteiger charge is -2.49. The standard InChI is InChI=1S/C33H48IN3O9/c1-4-6-10-14-32(15-11-7-5-2)44-25-23-18-33(31(42)36-24(20(3)39)29(40)35-16-17-38)27(30(41)43-23)37(46-28(33)26(25)45-32)19-21-12-8-9-13-22(21)34/h8-9,12-13,20,23-28,38-39H,4-7,10-11,14-19H2,1-3H3,(H,35,40)(H,36,42). The summed E-state index contributed by atoms with van der Waals surface area (Å²) in [7, 11) is 0. The summed E-state index contributed by atoms with van der Waals surface area (Å²) in [6.07, 6.45) is 3.13. The van der Waals surface area contributed by atoms with Crippen LogP contribution in [-0.4, -0.2) is 94.6 Å². The maximum atomic E-state index is 14.6. The van der Waals surface area contributed by atoms with Crippen molar-refractivity contribution in [3.63, 3.8) is 0 Å². The van der Waals surface area contributed by atoms with E-state index in [1.54, 1.807) is 0 Å². The fourth-order valence-corrected chi connectivity index (χ4v) is 8.02. The van der Waals surface area contributed by atoms with E-state index in [1.807, 2.05) is 24.3 Å². The summed E-state index contributed by atoms with van der Waals surface area (Å²) in [6, 6.07) is 5.28. The number of esters is 1. The molecule has 0 aromatic heterocycles. The number of benzene rings is 1. The summed E-state index contributed by atoms with van der Waals surface area (Å²) in [5.41, 5.74) is -0.580. The Morgan fingerprint density at radius 3 is 2.39 bits per heavy atom. The predicted octanol–water partition coefficient (Wildman–Crippen LogP) is 2.71. The van der Waals surface area contributed by atoms with E-state index in [1.165, 1.54) is 12.0 Å². The van der Waals surface area contributed by atoms with Crippen molar-refractivity contribution >= 4 is 40.4 Å². The SMILES string of the molecule is CCCCCC1(CCCCC)OC2C3CC4(C(=O)NC(C(=O)NCCO)C(C)O)C(ON(Cc5ccccc5I)C4C(=O)O3)C2O1. The van der Waals surface area contributed by atoms with Crippen LogP contribution in [0.25, 0.3) is 0 Å². The zero-order valence-electron chi connectivity index (χ0n) is 26.9. The molecule has 256 valence electrons. The molecule has 5 rings (SSSR count). The molecule has 12 nitrogen and oxygen atoms in total. The fourth-order valence-electron chi connectivity index (χ4n) is 7.46. The first kappa shape index (κ1) is 35.4. The number of aliphatic hydroxyl groups excluding tert-OH is 2. The minimum Gasteiger partial charge on any atom is -0.458 e. The molecule has 1 aliphatic carbocycles. The molecule has 1 saturated carbocycles. The Balaban J connectivity index is 1.53. The van der Waals surface area contributed by atoms with E-state index < -0.39 is 71.6 Å². The summed E-state index contributed by atoms with van der Waals surface area (Å²) in [6.45, 7) is 5.56. The van der Waals surface area contributed by atoms with Gasteiger partial charge >= 0.3 is 5.97 Å². The largest absolute Gasteiger partial charge is 0.458 e. The van der Waals surface area contributed by atoms with Crippen LogP contribution in [0.5, 0.6) is 0 Å². The number of nitrogens with one attached hydrogen (secondary N) is 2. The van der Waals surface area contributed by atoms with E-state index in [2.05, 4.69) is 47.1 Å². The number of hydroxylamine groups is 2. The van der Waals surface area contributed by atoms with Crippen molar-refractivity contribution in [2.24, 2.45) is 5.41 Å². The van der Waals surface area contributed by atoms with Crippen LogP contribution >= 0.6 is 22.6 Å². The van der Waals surface area contributed by atoms with Gasteiger partial charge in [-0.3, -0.25) is 19.2 Å². The molecule has 3 aliphatic heterocycles. The van der Waals surface area contributed by atoms with Gasteiger partial charge < -0.3 is 35.1 Å². The topological polar surface area (TPSA) is 156 Å². The minimum atomic E-state index is -1.49. The van der Waals surface area contributed by atoms with Gasteiger partial charge in [-0.2, -0.15) is 5.06 Å². The molecule has 8 atom stereocenters. The summed E-state index contributed by atoms with van der Waals surface area (Å²) >= 11 is 2.23. The molecule has 13 heteroatoms. The summed E-state index contributed by atoms with van der Waals surface area (Å²) in [5.74, 6) is -2.74. The summed E-state index contributed by atoms with van der Waals surface area (Å²) in [4.78, 5) is 48.2. The Hall–Kier alpha value is -1.88. The van der Waals surface area contributed by atoms with Crippen LogP contribution in [0.1, 0.15) is 84.1 Å². The number of hydrogen-bond donors (Lipinski definition) is 4. The number of ether oxygens (including phenoxy) is 3. The fraction of sp³-hybridized carbons (Fsp3) is 0.727. The molecule has 4 N–H and O–H groups in total. The molecule has 1 aromatic rings.